The van der Waals surface area contributed by atoms with Gasteiger partial charge in [-0.3, -0.25) is 4.98 Å². The van der Waals surface area contributed by atoms with Crippen molar-refractivity contribution in [2.45, 2.75) is 38.7 Å². The summed E-state index contributed by atoms with van der Waals surface area (Å²) in [5.74, 6) is 1.61. The molecule has 0 N–H and O–H groups in total. The van der Waals surface area contributed by atoms with Gasteiger partial charge in [0.2, 0.25) is 0 Å². The maximum Gasteiger partial charge on any atom is 0.162 e. The predicted octanol–water partition coefficient (Wildman–Crippen LogP) is 6.31. The van der Waals surface area contributed by atoms with Gasteiger partial charge in [0.05, 0.1) is 13.2 Å². The Kier molecular flexibility index (Phi) is 5.95. The van der Waals surface area contributed by atoms with Crippen LogP contribution in [0.25, 0.3) is 11.6 Å². The third-order valence-corrected chi connectivity index (χ3v) is 5.42. The molecule has 0 saturated heterocycles. The Bertz CT molecular complexity index is 989. The van der Waals surface area contributed by atoms with Crippen molar-refractivity contribution in [2.24, 2.45) is 0 Å². The van der Waals surface area contributed by atoms with Gasteiger partial charge in [-0.05, 0) is 85.2 Å². The van der Waals surface area contributed by atoms with E-state index in [0.29, 0.717) is 0 Å². The SMILES string of the molecule is COc1ccc(/C(=C/c2ccncc2)c2cccc(C)c2)cc1OC1CCCC1. The van der Waals surface area contributed by atoms with Crippen LogP contribution in [0.4, 0.5) is 0 Å². The number of hydrogen-bond donors (Lipinski definition) is 0. The summed E-state index contributed by atoms with van der Waals surface area (Å²) in [6.07, 6.45) is 10.8. The molecule has 0 atom stereocenters. The van der Waals surface area contributed by atoms with Crippen LogP contribution in [0, 0.1) is 6.92 Å². The Balaban J connectivity index is 1.78. The molecule has 0 radical (unpaired) electrons. The number of hydrogen-bond acceptors (Lipinski definition) is 3. The summed E-state index contributed by atoms with van der Waals surface area (Å²) in [4.78, 5) is 4.14. The molecule has 1 fully saturated rings. The van der Waals surface area contributed by atoms with E-state index in [4.69, 9.17) is 9.47 Å². The van der Waals surface area contributed by atoms with Gasteiger partial charge in [-0.15, -0.1) is 0 Å². The van der Waals surface area contributed by atoms with Crippen molar-refractivity contribution in [1.82, 2.24) is 4.98 Å². The van der Waals surface area contributed by atoms with Crippen molar-refractivity contribution in [1.29, 1.82) is 0 Å². The highest BCUT2D eigenvalue weighted by Gasteiger charge is 2.19. The Hall–Kier alpha value is -3.07. The van der Waals surface area contributed by atoms with E-state index in [2.05, 4.69) is 54.4 Å². The van der Waals surface area contributed by atoms with Gasteiger partial charge in [-0.1, -0.05) is 35.9 Å². The summed E-state index contributed by atoms with van der Waals surface area (Å²) in [6.45, 7) is 2.12. The van der Waals surface area contributed by atoms with E-state index in [1.807, 2.05) is 30.6 Å². The van der Waals surface area contributed by atoms with Crippen LogP contribution in [-0.4, -0.2) is 18.2 Å². The van der Waals surface area contributed by atoms with E-state index >= 15 is 0 Å². The first kappa shape index (κ1) is 19.3. The zero-order valence-corrected chi connectivity index (χ0v) is 17.1. The molecule has 1 heterocycles. The van der Waals surface area contributed by atoms with Crippen LogP contribution in [0.15, 0.2) is 67.0 Å². The fraction of sp³-hybridized carbons (Fsp3) is 0.269. The summed E-state index contributed by atoms with van der Waals surface area (Å²) in [6, 6.07) is 18.9. The second-order valence-electron chi connectivity index (χ2n) is 7.60. The minimum absolute atomic E-state index is 0.283. The monoisotopic (exact) mass is 385 g/mol. The number of pyridine rings is 1. The first-order chi connectivity index (χ1) is 14.2. The van der Waals surface area contributed by atoms with Gasteiger partial charge in [0.25, 0.3) is 0 Å². The van der Waals surface area contributed by atoms with Crippen LogP contribution in [0.2, 0.25) is 0 Å². The first-order valence-corrected chi connectivity index (χ1v) is 10.3. The second kappa shape index (κ2) is 8.95. The Morgan fingerprint density at radius 3 is 2.41 bits per heavy atom. The summed E-state index contributed by atoms with van der Waals surface area (Å²) in [5, 5.41) is 0. The average molecular weight is 386 g/mol. The van der Waals surface area contributed by atoms with E-state index in [-0.39, 0.29) is 6.10 Å². The lowest BCUT2D eigenvalue weighted by Crippen LogP contribution is -2.11. The zero-order chi connectivity index (χ0) is 20.1. The number of benzene rings is 2. The van der Waals surface area contributed by atoms with Gasteiger partial charge in [0.15, 0.2) is 11.5 Å². The van der Waals surface area contributed by atoms with E-state index in [1.54, 1.807) is 7.11 Å². The highest BCUT2D eigenvalue weighted by atomic mass is 16.5. The molecule has 1 aliphatic carbocycles. The fourth-order valence-corrected chi connectivity index (χ4v) is 3.89. The van der Waals surface area contributed by atoms with E-state index in [1.165, 1.54) is 24.0 Å². The van der Waals surface area contributed by atoms with Crippen molar-refractivity contribution >= 4 is 11.6 Å². The number of methoxy groups -OCH3 is 1. The Morgan fingerprint density at radius 1 is 0.931 bits per heavy atom. The quantitative estimate of drug-likeness (QED) is 0.498. The third-order valence-electron chi connectivity index (χ3n) is 5.42. The van der Waals surface area contributed by atoms with Crippen molar-refractivity contribution in [3.05, 3.63) is 89.2 Å². The number of aromatic nitrogens is 1. The molecule has 3 heteroatoms. The summed E-state index contributed by atoms with van der Waals surface area (Å²) in [5.41, 5.74) is 5.79. The molecular weight excluding hydrogens is 358 g/mol. The molecule has 3 aromatic rings. The van der Waals surface area contributed by atoms with Gasteiger partial charge < -0.3 is 9.47 Å². The van der Waals surface area contributed by atoms with E-state index in [0.717, 1.165) is 41.0 Å². The molecule has 2 aromatic carbocycles. The maximum absolute atomic E-state index is 6.34. The molecule has 1 aliphatic rings. The van der Waals surface area contributed by atoms with Crippen LogP contribution in [-0.2, 0) is 0 Å². The first-order valence-electron chi connectivity index (χ1n) is 10.3. The zero-order valence-electron chi connectivity index (χ0n) is 17.1. The second-order valence-corrected chi connectivity index (χ2v) is 7.60. The van der Waals surface area contributed by atoms with Crippen LogP contribution in [0.1, 0.15) is 47.9 Å². The molecule has 29 heavy (non-hydrogen) atoms. The summed E-state index contributed by atoms with van der Waals surface area (Å²) in [7, 11) is 1.70. The molecule has 0 aliphatic heterocycles. The van der Waals surface area contributed by atoms with Crippen LogP contribution in [0.5, 0.6) is 11.5 Å². The Morgan fingerprint density at radius 2 is 1.69 bits per heavy atom. The number of aryl methyl sites for hydroxylation is 1. The molecule has 0 unspecified atom stereocenters. The fourth-order valence-electron chi connectivity index (χ4n) is 3.89. The number of ether oxygens (including phenoxy) is 2. The summed E-state index contributed by atoms with van der Waals surface area (Å²) >= 11 is 0. The topological polar surface area (TPSA) is 31.4 Å². The van der Waals surface area contributed by atoms with Crippen molar-refractivity contribution in [2.75, 3.05) is 7.11 Å². The van der Waals surface area contributed by atoms with Gasteiger partial charge in [0, 0.05) is 12.4 Å². The predicted molar refractivity (Wildman–Crippen MR) is 118 cm³/mol. The lowest BCUT2D eigenvalue weighted by molar-refractivity contribution is 0.201. The van der Waals surface area contributed by atoms with Gasteiger partial charge in [0.1, 0.15) is 0 Å². The van der Waals surface area contributed by atoms with Crippen molar-refractivity contribution in [3.63, 3.8) is 0 Å². The van der Waals surface area contributed by atoms with Crippen LogP contribution < -0.4 is 9.47 Å². The van der Waals surface area contributed by atoms with Crippen molar-refractivity contribution in [3.8, 4) is 11.5 Å². The minimum Gasteiger partial charge on any atom is -0.493 e. The van der Waals surface area contributed by atoms with E-state index in [9.17, 15) is 0 Å². The van der Waals surface area contributed by atoms with Crippen molar-refractivity contribution < 1.29 is 9.47 Å². The molecule has 148 valence electrons. The molecule has 4 rings (SSSR count). The highest BCUT2D eigenvalue weighted by Crippen LogP contribution is 2.36. The van der Waals surface area contributed by atoms with Gasteiger partial charge in [-0.2, -0.15) is 0 Å². The maximum atomic E-state index is 6.34. The lowest BCUT2D eigenvalue weighted by atomic mass is 9.94. The largest absolute Gasteiger partial charge is 0.493 e. The molecule has 1 aromatic heterocycles. The number of rotatable bonds is 6. The highest BCUT2D eigenvalue weighted by molar-refractivity contribution is 5.92. The standard InChI is InChI=1S/C26H27NO2/c1-19-6-5-7-21(16-19)24(17-20-12-14-27-15-13-20)22-10-11-25(28-2)26(18-22)29-23-8-3-4-9-23/h5-7,10-18,23H,3-4,8-9H2,1-2H3/b24-17+. The summed E-state index contributed by atoms with van der Waals surface area (Å²) < 4.78 is 11.9. The van der Waals surface area contributed by atoms with Crippen LogP contribution in [0.3, 0.4) is 0 Å². The van der Waals surface area contributed by atoms with Gasteiger partial charge in [-0.25, -0.2) is 0 Å². The normalized spacial score (nSPS) is 14.8. The molecule has 0 amide bonds. The molecule has 1 saturated carbocycles. The molecule has 0 bridgehead atoms. The third kappa shape index (κ3) is 4.68. The number of nitrogens with zero attached hydrogens (tertiary/aromatic N) is 1. The molecule has 3 nitrogen and oxygen atoms in total. The average Bonchev–Trinajstić information content (AvgIpc) is 3.26. The smallest absolute Gasteiger partial charge is 0.162 e. The van der Waals surface area contributed by atoms with E-state index < -0.39 is 0 Å². The Labute approximate surface area is 173 Å². The minimum atomic E-state index is 0.283. The molecule has 0 spiro atoms. The lowest BCUT2D eigenvalue weighted by Gasteiger charge is -2.18. The van der Waals surface area contributed by atoms with Gasteiger partial charge >= 0.3 is 0 Å². The molecular formula is C26H27NO2. The van der Waals surface area contributed by atoms with Crippen LogP contribution >= 0.6 is 0 Å².